The van der Waals surface area contributed by atoms with Crippen molar-refractivity contribution in [2.75, 3.05) is 24.5 Å². The van der Waals surface area contributed by atoms with Gasteiger partial charge in [0.25, 0.3) is 5.91 Å². The second kappa shape index (κ2) is 6.51. The van der Waals surface area contributed by atoms with Gasteiger partial charge in [-0.3, -0.25) is 4.79 Å². The van der Waals surface area contributed by atoms with E-state index in [-0.39, 0.29) is 11.7 Å². The molecule has 2 aromatic heterocycles. The standard InChI is InChI=1S/C17H20N6O/c24-17(16-18-6-3-7-19-16)20-9-12-10-23(11-12)15-8-13-4-1-2-5-14(13)21-22-15/h3,6-8,12H,1-2,4-5,9-11H2,(H,20,24). The number of carbonyl (C=O) groups is 1. The van der Waals surface area contributed by atoms with Gasteiger partial charge in [0.05, 0.1) is 5.69 Å². The van der Waals surface area contributed by atoms with Gasteiger partial charge < -0.3 is 10.2 Å². The van der Waals surface area contributed by atoms with Gasteiger partial charge in [0.1, 0.15) is 0 Å². The van der Waals surface area contributed by atoms with Crippen LogP contribution >= 0.6 is 0 Å². The molecule has 1 saturated heterocycles. The highest BCUT2D eigenvalue weighted by Gasteiger charge is 2.29. The number of hydrogen-bond donors (Lipinski definition) is 1. The molecule has 1 aliphatic carbocycles. The second-order valence-electron chi connectivity index (χ2n) is 6.44. The first kappa shape index (κ1) is 15.0. The molecule has 1 amide bonds. The molecule has 0 radical (unpaired) electrons. The fraction of sp³-hybridized carbons (Fsp3) is 0.471. The highest BCUT2D eigenvalue weighted by atomic mass is 16.2. The molecule has 0 spiro atoms. The molecule has 2 aromatic rings. The van der Waals surface area contributed by atoms with Gasteiger partial charge in [-0.2, -0.15) is 5.10 Å². The zero-order chi connectivity index (χ0) is 16.4. The smallest absolute Gasteiger partial charge is 0.289 e. The van der Waals surface area contributed by atoms with E-state index in [4.69, 9.17) is 0 Å². The molecule has 0 atom stereocenters. The Kier molecular flexibility index (Phi) is 4.06. The van der Waals surface area contributed by atoms with Gasteiger partial charge >= 0.3 is 0 Å². The fourth-order valence-corrected chi connectivity index (χ4v) is 3.25. The van der Waals surface area contributed by atoms with Crippen LogP contribution in [0.15, 0.2) is 24.5 Å². The molecule has 1 N–H and O–H groups in total. The lowest BCUT2D eigenvalue weighted by molar-refractivity contribution is 0.0934. The van der Waals surface area contributed by atoms with E-state index >= 15 is 0 Å². The van der Waals surface area contributed by atoms with Crippen LogP contribution in [0.5, 0.6) is 0 Å². The Morgan fingerprint density at radius 3 is 2.79 bits per heavy atom. The molecule has 0 unspecified atom stereocenters. The maximum atomic E-state index is 11.9. The molecular formula is C17H20N6O. The maximum absolute atomic E-state index is 11.9. The van der Waals surface area contributed by atoms with Crippen LogP contribution in [0.1, 0.15) is 34.7 Å². The summed E-state index contributed by atoms with van der Waals surface area (Å²) in [6, 6.07) is 3.88. The quantitative estimate of drug-likeness (QED) is 0.904. The van der Waals surface area contributed by atoms with Crippen LogP contribution in [0, 0.1) is 5.92 Å². The summed E-state index contributed by atoms with van der Waals surface area (Å²) in [5, 5.41) is 11.6. The number of aryl methyl sites for hydroxylation is 2. The van der Waals surface area contributed by atoms with E-state index in [0.717, 1.165) is 37.4 Å². The van der Waals surface area contributed by atoms with Gasteiger partial charge in [0.2, 0.25) is 5.82 Å². The molecule has 1 aliphatic heterocycles. The first-order chi connectivity index (χ1) is 11.8. The summed E-state index contributed by atoms with van der Waals surface area (Å²) in [4.78, 5) is 22.1. The first-order valence-electron chi connectivity index (χ1n) is 8.45. The van der Waals surface area contributed by atoms with Gasteiger partial charge in [-0.05, 0) is 43.4 Å². The Morgan fingerprint density at radius 1 is 1.17 bits per heavy atom. The monoisotopic (exact) mass is 324 g/mol. The number of amides is 1. The number of nitrogens with zero attached hydrogens (tertiary/aromatic N) is 5. The third kappa shape index (κ3) is 3.06. The molecule has 0 bridgehead atoms. The molecular weight excluding hydrogens is 304 g/mol. The van der Waals surface area contributed by atoms with E-state index in [2.05, 4.69) is 36.4 Å². The number of fused-ring (bicyclic) bond motifs is 1. The first-order valence-corrected chi connectivity index (χ1v) is 8.45. The molecule has 7 nitrogen and oxygen atoms in total. The van der Waals surface area contributed by atoms with Crippen LogP contribution in [0.25, 0.3) is 0 Å². The molecule has 4 rings (SSSR count). The topological polar surface area (TPSA) is 83.9 Å². The average Bonchev–Trinajstić information content (AvgIpc) is 2.61. The summed E-state index contributed by atoms with van der Waals surface area (Å²) in [5.41, 5.74) is 2.52. The summed E-state index contributed by atoms with van der Waals surface area (Å²) in [7, 11) is 0. The van der Waals surface area contributed by atoms with Crippen LogP contribution < -0.4 is 10.2 Å². The van der Waals surface area contributed by atoms with Crippen molar-refractivity contribution >= 4 is 11.7 Å². The molecule has 24 heavy (non-hydrogen) atoms. The minimum absolute atomic E-state index is 0.217. The summed E-state index contributed by atoms with van der Waals surface area (Å²) in [5.74, 6) is 1.39. The number of nitrogens with one attached hydrogen (secondary N) is 1. The van der Waals surface area contributed by atoms with E-state index in [1.165, 1.54) is 18.4 Å². The summed E-state index contributed by atoms with van der Waals surface area (Å²) < 4.78 is 0. The molecule has 0 aromatic carbocycles. The molecule has 3 heterocycles. The lowest BCUT2D eigenvalue weighted by atomic mass is 9.95. The van der Waals surface area contributed by atoms with Gasteiger partial charge in [-0.15, -0.1) is 5.10 Å². The lowest BCUT2D eigenvalue weighted by Gasteiger charge is -2.40. The van der Waals surface area contributed by atoms with Gasteiger partial charge in [0, 0.05) is 37.9 Å². The summed E-state index contributed by atoms with van der Waals surface area (Å²) >= 11 is 0. The maximum Gasteiger partial charge on any atom is 0.289 e. The van der Waals surface area contributed by atoms with E-state index in [0.29, 0.717) is 12.5 Å². The molecule has 0 saturated carbocycles. The van der Waals surface area contributed by atoms with E-state index < -0.39 is 0 Å². The SMILES string of the molecule is O=C(NCC1CN(c2cc3c(nn2)CCCC3)C1)c1ncccn1. The minimum Gasteiger partial charge on any atom is -0.354 e. The number of hydrogen-bond acceptors (Lipinski definition) is 6. The Balaban J connectivity index is 1.28. The molecule has 7 heteroatoms. The second-order valence-corrected chi connectivity index (χ2v) is 6.44. The normalized spacial score (nSPS) is 17.1. The van der Waals surface area contributed by atoms with Crippen molar-refractivity contribution in [3.63, 3.8) is 0 Å². The van der Waals surface area contributed by atoms with Gasteiger partial charge in [0.15, 0.2) is 5.82 Å². The third-order valence-corrected chi connectivity index (χ3v) is 4.66. The Hall–Kier alpha value is -2.57. The van der Waals surface area contributed by atoms with Crippen molar-refractivity contribution in [3.05, 3.63) is 41.6 Å². The summed E-state index contributed by atoms with van der Waals surface area (Å²) in [6.07, 6.45) is 7.77. The van der Waals surface area contributed by atoms with Crippen molar-refractivity contribution < 1.29 is 4.79 Å². The van der Waals surface area contributed by atoms with Crippen LogP contribution in [-0.4, -0.2) is 45.7 Å². The largest absolute Gasteiger partial charge is 0.354 e. The Bertz CT molecular complexity index is 729. The number of rotatable bonds is 4. The van der Waals surface area contributed by atoms with Crippen molar-refractivity contribution in [2.45, 2.75) is 25.7 Å². The minimum atomic E-state index is -0.220. The van der Waals surface area contributed by atoms with Gasteiger partial charge in [-0.1, -0.05) is 0 Å². The molecule has 1 fully saturated rings. The van der Waals surface area contributed by atoms with Crippen LogP contribution in [-0.2, 0) is 12.8 Å². The highest BCUT2D eigenvalue weighted by molar-refractivity contribution is 5.90. The van der Waals surface area contributed by atoms with Crippen molar-refractivity contribution in [2.24, 2.45) is 5.92 Å². The number of anilines is 1. The average molecular weight is 324 g/mol. The molecule has 2 aliphatic rings. The van der Waals surface area contributed by atoms with Crippen molar-refractivity contribution in [1.29, 1.82) is 0 Å². The van der Waals surface area contributed by atoms with Crippen molar-refractivity contribution in [1.82, 2.24) is 25.5 Å². The van der Waals surface area contributed by atoms with Crippen molar-refractivity contribution in [3.8, 4) is 0 Å². The Morgan fingerprint density at radius 2 is 1.96 bits per heavy atom. The van der Waals surface area contributed by atoms with Crippen LogP contribution in [0.4, 0.5) is 5.82 Å². The lowest BCUT2D eigenvalue weighted by Crippen LogP contribution is -2.52. The Labute approximate surface area is 140 Å². The zero-order valence-corrected chi connectivity index (χ0v) is 13.5. The number of aromatic nitrogens is 4. The predicted octanol–water partition coefficient (Wildman–Crippen LogP) is 1.01. The summed E-state index contributed by atoms with van der Waals surface area (Å²) in [6.45, 7) is 2.42. The highest BCUT2D eigenvalue weighted by Crippen LogP contribution is 2.26. The third-order valence-electron chi connectivity index (χ3n) is 4.66. The van der Waals surface area contributed by atoms with Crippen LogP contribution in [0.3, 0.4) is 0 Å². The van der Waals surface area contributed by atoms with E-state index in [1.54, 1.807) is 18.5 Å². The zero-order valence-electron chi connectivity index (χ0n) is 13.5. The molecule has 124 valence electrons. The van der Waals surface area contributed by atoms with E-state index in [1.807, 2.05) is 0 Å². The van der Waals surface area contributed by atoms with Crippen LogP contribution in [0.2, 0.25) is 0 Å². The van der Waals surface area contributed by atoms with E-state index in [9.17, 15) is 4.79 Å². The number of carbonyl (C=O) groups excluding carboxylic acids is 1. The predicted molar refractivity (Wildman–Crippen MR) is 88.7 cm³/mol. The van der Waals surface area contributed by atoms with Gasteiger partial charge in [-0.25, -0.2) is 9.97 Å². The fourth-order valence-electron chi connectivity index (χ4n) is 3.25.